The van der Waals surface area contributed by atoms with Gasteiger partial charge in [0, 0.05) is 12.2 Å². The summed E-state index contributed by atoms with van der Waals surface area (Å²) in [6, 6.07) is 16.4. The zero-order valence-corrected chi connectivity index (χ0v) is 10.2. The van der Waals surface area contributed by atoms with Gasteiger partial charge in [0.15, 0.2) is 0 Å². The lowest BCUT2D eigenvalue weighted by Gasteiger charge is -2.10. The van der Waals surface area contributed by atoms with Crippen LogP contribution in [-0.2, 0) is 6.54 Å². The summed E-state index contributed by atoms with van der Waals surface area (Å²) in [5.41, 5.74) is 3.62. The molecule has 0 bridgehead atoms. The third kappa shape index (κ3) is 3.00. The number of methoxy groups -OCH3 is 1. The van der Waals surface area contributed by atoms with Crippen molar-refractivity contribution in [3.63, 3.8) is 0 Å². The number of hydrogen-bond acceptors (Lipinski definition) is 2. The van der Waals surface area contributed by atoms with E-state index in [0.717, 1.165) is 18.0 Å². The topological polar surface area (TPSA) is 21.3 Å². The molecule has 2 heteroatoms. The fourth-order valence-corrected chi connectivity index (χ4v) is 1.75. The molecule has 0 saturated heterocycles. The first-order valence-corrected chi connectivity index (χ1v) is 5.72. The van der Waals surface area contributed by atoms with Gasteiger partial charge in [-0.1, -0.05) is 30.3 Å². The predicted octanol–water partition coefficient (Wildman–Crippen LogP) is 3.62. The summed E-state index contributed by atoms with van der Waals surface area (Å²) in [7, 11) is 1.69. The lowest BCUT2D eigenvalue weighted by molar-refractivity contribution is 0.414. The van der Waals surface area contributed by atoms with Crippen molar-refractivity contribution in [3.05, 3.63) is 59.7 Å². The Kier molecular flexibility index (Phi) is 3.66. The number of nitrogens with one attached hydrogen (secondary N) is 1. The van der Waals surface area contributed by atoms with E-state index in [9.17, 15) is 0 Å². The minimum Gasteiger partial charge on any atom is -0.497 e. The molecule has 0 atom stereocenters. The first kappa shape index (κ1) is 11.5. The summed E-state index contributed by atoms with van der Waals surface area (Å²) in [6.07, 6.45) is 0. The molecule has 0 spiro atoms. The summed E-state index contributed by atoms with van der Waals surface area (Å²) in [5.74, 6) is 0.896. The van der Waals surface area contributed by atoms with Gasteiger partial charge in [-0.15, -0.1) is 0 Å². The third-order valence-corrected chi connectivity index (χ3v) is 2.76. The maximum Gasteiger partial charge on any atom is 0.119 e. The summed E-state index contributed by atoms with van der Waals surface area (Å²) < 4.78 is 5.19. The molecule has 2 nitrogen and oxygen atoms in total. The molecule has 0 saturated carbocycles. The second-order valence-corrected chi connectivity index (χ2v) is 4.02. The Bertz CT molecular complexity index is 480. The Hall–Kier alpha value is -1.96. The summed E-state index contributed by atoms with van der Waals surface area (Å²) >= 11 is 0. The number of benzene rings is 2. The molecule has 2 rings (SSSR count). The van der Waals surface area contributed by atoms with E-state index in [1.165, 1.54) is 11.1 Å². The fourth-order valence-electron chi connectivity index (χ4n) is 1.75. The zero-order chi connectivity index (χ0) is 12.1. The quantitative estimate of drug-likeness (QED) is 0.861. The maximum absolute atomic E-state index is 5.19. The smallest absolute Gasteiger partial charge is 0.119 e. The van der Waals surface area contributed by atoms with Gasteiger partial charge < -0.3 is 10.1 Å². The maximum atomic E-state index is 5.19. The minimum atomic E-state index is 0.841. The number of rotatable bonds is 4. The van der Waals surface area contributed by atoms with Crippen molar-refractivity contribution < 1.29 is 4.74 Å². The highest BCUT2D eigenvalue weighted by Gasteiger charge is 1.99. The third-order valence-electron chi connectivity index (χ3n) is 2.76. The molecule has 17 heavy (non-hydrogen) atoms. The standard InChI is InChI=1S/C15H17NO/c1-12-10-14(17-2)8-9-15(12)16-11-13-6-4-3-5-7-13/h3-10,16H,11H2,1-2H3. The van der Waals surface area contributed by atoms with E-state index in [0.29, 0.717) is 0 Å². The first-order chi connectivity index (χ1) is 8.29. The molecule has 0 heterocycles. The van der Waals surface area contributed by atoms with Gasteiger partial charge in [0.05, 0.1) is 7.11 Å². The van der Waals surface area contributed by atoms with Crippen molar-refractivity contribution in [3.8, 4) is 5.75 Å². The molecule has 88 valence electrons. The van der Waals surface area contributed by atoms with Gasteiger partial charge in [-0.2, -0.15) is 0 Å². The largest absolute Gasteiger partial charge is 0.497 e. The number of hydrogen-bond donors (Lipinski definition) is 1. The van der Waals surface area contributed by atoms with Crippen LogP contribution in [0.1, 0.15) is 11.1 Å². The Morgan fingerprint density at radius 2 is 1.82 bits per heavy atom. The molecule has 0 fully saturated rings. The average molecular weight is 227 g/mol. The van der Waals surface area contributed by atoms with Crippen LogP contribution in [0, 0.1) is 6.92 Å². The van der Waals surface area contributed by atoms with Crippen LogP contribution >= 0.6 is 0 Å². The highest BCUT2D eigenvalue weighted by atomic mass is 16.5. The van der Waals surface area contributed by atoms with Gasteiger partial charge in [0.2, 0.25) is 0 Å². The highest BCUT2D eigenvalue weighted by Crippen LogP contribution is 2.21. The van der Waals surface area contributed by atoms with Crippen LogP contribution in [0.2, 0.25) is 0 Å². The van der Waals surface area contributed by atoms with Crippen LogP contribution in [-0.4, -0.2) is 7.11 Å². The molecule has 0 aliphatic rings. The van der Waals surface area contributed by atoms with E-state index in [1.807, 2.05) is 18.2 Å². The van der Waals surface area contributed by atoms with E-state index < -0.39 is 0 Å². The molecular weight excluding hydrogens is 210 g/mol. The van der Waals surface area contributed by atoms with Gasteiger partial charge in [0.25, 0.3) is 0 Å². The van der Waals surface area contributed by atoms with Crippen LogP contribution in [0.3, 0.4) is 0 Å². The molecule has 0 radical (unpaired) electrons. The van der Waals surface area contributed by atoms with Crippen molar-refractivity contribution in [1.82, 2.24) is 0 Å². The Morgan fingerprint density at radius 1 is 1.06 bits per heavy atom. The van der Waals surface area contributed by atoms with Crippen molar-refractivity contribution in [1.29, 1.82) is 0 Å². The lowest BCUT2D eigenvalue weighted by atomic mass is 10.1. The van der Waals surface area contributed by atoms with E-state index >= 15 is 0 Å². The van der Waals surface area contributed by atoms with Crippen LogP contribution in [0.4, 0.5) is 5.69 Å². The number of ether oxygens (including phenoxy) is 1. The van der Waals surface area contributed by atoms with Crippen molar-refractivity contribution in [2.75, 3.05) is 12.4 Å². The van der Waals surface area contributed by atoms with Gasteiger partial charge in [0.1, 0.15) is 5.75 Å². The summed E-state index contributed by atoms with van der Waals surface area (Å²) in [5, 5.41) is 3.42. The molecule has 2 aromatic rings. The second-order valence-electron chi connectivity index (χ2n) is 4.02. The molecule has 0 aliphatic heterocycles. The van der Waals surface area contributed by atoms with E-state index in [2.05, 4.69) is 42.6 Å². The van der Waals surface area contributed by atoms with Gasteiger partial charge >= 0.3 is 0 Å². The van der Waals surface area contributed by atoms with Gasteiger partial charge in [-0.3, -0.25) is 0 Å². The first-order valence-electron chi connectivity index (χ1n) is 5.72. The van der Waals surface area contributed by atoms with E-state index in [-0.39, 0.29) is 0 Å². The molecule has 0 unspecified atom stereocenters. The van der Waals surface area contributed by atoms with E-state index in [4.69, 9.17) is 4.74 Å². The Morgan fingerprint density at radius 3 is 2.47 bits per heavy atom. The molecule has 0 aromatic heterocycles. The normalized spacial score (nSPS) is 10.0. The van der Waals surface area contributed by atoms with Crippen molar-refractivity contribution in [2.45, 2.75) is 13.5 Å². The van der Waals surface area contributed by atoms with Gasteiger partial charge in [-0.25, -0.2) is 0 Å². The molecule has 1 N–H and O–H groups in total. The number of anilines is 1. The number of aryl methyl sites for hydroxylation is 1. The zero-order valence-electron chi connectivity index (χ0n) is 10.2. The molecular formula is C15H17NO. The SMILES string of the molecule is COc1ccc(NCc2ccccc2)c(C)c1. The van der Waals surface area contributed by atoms with Crippen LogP contribution < -0.4 is 10.1 Å². The summed E-state index contributed by atoms with van der Waals surface area (Å²) in [6.45, 7) is 2.92. The Labute approximate surface area is 102 Å². The van der Waals surface area contributed by atoms with Gasteiger partial charge in [-0.05, 0) is 36.2 Å². The monoisotopic (exact) mass is 227 g/mol. The second kappa shape index (κ2) is 5.39. The fraction of sp³-hybridized carbons (Fsp3) is 0.200. The van der Waals surface area contributed by atoms with Crippen LogP contribution in [0.5, 0.6) is 5.75 Å². The molecule has 2 aromatic carbocycles. The van der Waals surface area contributed by atoms with Crippen molar-refractivity contribution in [2.24, 2.45) is 0 Å². The molecule has 0 amide bonds. The predicted molar refractivity (Wildman–Crippen MR) is 71.5 cm³/mol. The Balaban J connectivity index is 2.04. The highest BCUT2D eigenvalue weighted by molar-refractivity contribution is 5.53. The summed E-state index contributed by atoms with van der Waals surface area (Å²) in [4.78, 5) is 0. The average Bonchev–Trinajstić information content (AvgIpc) is 2.38. The lowest BCUT2D eigenvalue weighted by Crippen LogP contribution is -2.00. The van der Waals surface area contributed by atoms with Crippen LogP contribution in [0.25, 0.3) is 0 Å². The van der Waals surface area contributed by atoms with Crippen molar-refractivity contribution >= 4 is 5.69 Å². The minimum absolute atomic E-state index is 0.841. The van der Waals surface area contributed by atoms with E-state index in [1.54, 1.807) is 7.11 Å². The van der Waals surface area contributed by atoms with Crippen LogP contribution in [0.15, 0.2) is 48.5 Å². The molecule has 0 aliphatic carbocycles.